The van der Waals surface area contributed by atoms with Crippen molar-refractivity contribution in [2.24, 2.45) is 5.41 Å². The van der Waals surface area contributed by atoms with Crippen LogP contribution in [0.3, 0.4) is 0 Å². The predicted octanol–water partition coefficient (Wildman–Crippen LogP) is 3.36. The van der Waals surface area contributed by atoms with Crippen LogP contribution in [0.4, 0.5) is 0 Å². The number of unbranched alkanes of at least 4 members (excludes halogenated alkanes) is 2. The molecule has 0 radical (unpaired) electrons. The summed E-state index contributed by atoms with van der Waals surface area (Å²) in [5, 5.41) is 0. The highest BCUT2D eigenvalue weighted by molar-refractivity contribution is 5.63. The molecule has 2 nitrogen and oxygen atoms in total. The third-order valence-corrected chi connectivity index (χ3v) is 2.75. The van der Waals surface area contributed by atoms with Crippen molar-refractivity contribution < 1.29 is 9.53 Å². The van der Waals surface area contributed by atoms with Crippen LogP contribution in [0.1, 0.15) is 47.0 Å². The fraction of sp³-hybridized carbons (Fsp3) is 0.769. The Kier molecular flexibility index (Phi) is 7.31. The van der Waals surface area contributed by atoms with Gasteiger partial charge >= 0.3 is 0 Å². The van der Waals surface area contributed by atoms with Gasteiger partial charge in [0, 0.05) is 6.61 Å². The molecule has 0 aromatic carbocycles. The molecular weight excluding hydrogens is 188 g/mol. The van der Waals surface area contributed by atoms with Crippen LogP contribution in [-0.4, -0.2) is 19.0 Å². The molecule has 2 heteroatoms. The molecule has 0 aromatic heterocycles. The van der Waals surface area contributed by atoms with E-state index in [9.17, 15) is 4.79 Å². The molecule has 0 saturated heterocycles. The zero-order valence-electron chi connectivity index (χ0n) is 10.5. The second-order valence-electron chi connectivity index (χ2n) is 4.13. The maximum atomic E-state index is 11.1. The minimum atomic E-state index is -0.482. The summed E-state index contributed by atoms with van der Waals surface area (Å²) in [6.07, 6.45) is 8.40. The lowest BCUT2D eigenvalue weighted by atomic mass is 9.86. The molecule has 0 saturated carbocycles. The Hall–Kier alpha value is -0.630. The Bertz CT molecular complexity index is 199. The van der Waals surface area contributed by atoms with E-state index in [1.54, 1.807) is 0 Å². The van der Waals surface area contributed by atoms with Crippen molar-refractivity contribution in [1.82, 2.24) is 0 Å². The largest absolute Gasteiger partial charge is 0.377 e. The maximum absolute atomic E-state index is 11.1. The first-order valence-corrected chi connectivity index (χ1v) is 5.86. The quantitative estimate of drug-likeness (QED) is 0.350. The van der Waals surface area contributed by atoms with Gasteiger partial charge in [-0.25, -0.2) is 0 Å². The van der Waals surface area contributed by atoms with Crippen LogP contribution in [0.5, 0.6) is 0 Å². The van der Waals surface area contributed by atoms with E-state index in [1.165, 1.54) is 12.8 Å². The lowest BCUT2D eigenvalue weighted by Gasteiger charge is -2.26. The summed E-state index contributed by atoms with van der Waals surface area (Å²) in [6, 6.07) is 0. The standard InChI is InChI=1S/C13H24O2/c1-5-7-8-9-10-13(4,11-14)12(3)15-6-2/h9-12H,5-8H2,1-4H3/b10-9+/t12-,13+/m1/s1. The van der Waals surface area contributed by atoms with Crippen molar-refractivity contribution in [1.29, 1.82) is 0 Å². The zero-order valence-corrected chi connectivity index (χ0v) is 10.5. The molecule has 2 atom stereocenters. The van der Waals surface area contributed by atoms with Crippen molar-refractivity contribution in [2.75, 3.05) is 6.61 Å². The second kappa shape index (κ2) is 7.63. The SMILES string of the molecule is CCCC/C=C/[C@@](C)(C=O)[C@@H](C)OCC. The summed E-state index contributed by atoms with van der Waals surface area (Å²) in [6.45, 7) is 8.62. The van der Waals surface area contributed by atoms with Crippen LogP contribution < -0.4 is 0 Å². The van der Waals surface area contributed by atoms with Gasteiger partial charge in [-0.2, -0.15) is 0 Å². The van der Waals surface area contributed by atoms with Crippen LogP contribution in [0.15, 0.2) is 12.2 Å². The van der Waals surface area contributed by atoms with E-state index in [0.29, 0.717) is 6.61 Å². The molecule has 0 amide bonds. The fourth-order valence-corrected chi connectivity index (χ4v) is 1.36. The smallest absolute Gasteiger partial charge is 0.132 e. The van der Waals surface area contributed by atoms with Gasteiger partial charge in [0.1, 0.15) is 6.29 Å². The van der Waals surface area contributed by atoms with Crippen LogP contribution in [0.2, 0.25) is 0 Å². The molecule has 0 bridgehead atoms. The molecule has 0 aliphatic carbocycles. The lowest BCUT2D eigenvalue weighted by molar-refractivity contribution is -0.119. The van der Waals surface area contributed by atoms with Crippen molar-refractivity contribution in [3.05, 3.63) is 12.2 Å². The topological polar surface area (TPSA) is 26.3 Å². The van der Waals surface area contributed by atoms with Crippen molar-refractivity contribution >= 4 is 6.29 Å². The highest BCUT2D eigenvalue weighted by atomic mass is 16.5. The molecule has 0 rings (SSSR count). The van der Waals surface area contributed by atoms with E-state index in [4.69, 9.17) is 4.74 Å². The Balaban J connectivity index is 4.28. The first-order valence-electron chi connectivity index (χ1n) is 5.86. The van der Waals surface area contributed by atoms with Crippen LogP contribution in [-0.2, 0) is 9.53 Å². The first-order chi connectivity index (χ1) is 7.10. The Morgan fingerprint density at radius 1 is 1.40 bits per heavy atom. The number of carbonyl (C=O) groups excluding carboxylic acids is 1. The normalized spacial score (nSPS) is 17.6. The van der Waals surface area contributed by atoms with Gasteiger partial charge in [-0.3, -0.25) is 0 Å². The average Bonchev–Trinajstić information content (AvgIpc) is 2.24. The fourth-order valence-electron chi connectivity index (χ4n) is 1.36. The van der Waals surface area contributed by atoms with Crippen molar-refractivity contribution in [3.63, 3.8) is 0 Å². The van der Waals surface area contributed by atoms with E-state index in [1.807, 2.05) is 26.8 Å². The minimum Gasteiger partial charge on any atom is -0.377 e. The molecule has 0 fully saturated rings. The monoisotopic (exact) mass is 212 g/mol. The number of aldehydes is 1. The number of hydrogen-bond donors (Lipinski definition) is 0. The highest BCUT2D eigenvalue weighted by Crippen LogP contribution is 2.23. The number of hydrogen-bond acceptors (Lipinski definition) is 2. The van der Waals surface area contributed by atoms with Gasteiger partial charge in [0.15, 0.2) is 0 Å². The van der Waals surface area contributed by atoms with Gasteiger partial charge in [0.25, 0.3) is 0 Å². The third kappa shape index (κ3) is 5.12. The lowest BCUT2D eigenvalue weighted by Crippen LogP contribution is -2.32. The molecule has 0 spiro atoms. The zero-order chi connectivity index (χ0) is 11.7. The van der Waals surface area contributed by atoms with Crippen LogP contribution in [0.25, 0.3) is 0 Å². The first kappa shape index (κ1) is 14.4. The van der Waals surface area contributed by atoms with Gasteiger partial charge in [-0.1, -0.05) is 31.9 Å². The molecule has 0 N–H and O–H groups in total. The number of rotatable bonds is 8. The molecule has 0 aliphatic heterocycles. The van der Waals surface area contributed by atoms with Gasteiger partial charge in [-0.05, 0) is 27.2 Å². The second-order valence-corrected chi connectivity index (χ2v) is 4.13. The maximum Gasteiger partial charge on any atom is 0.132 e. The molecule has 0 aromatic rings. The molecule has 88 valence electrons. The minimum absolute atomic E-state index is 0.0575. The number of ether oxygens (including phenoxy) is 1. The Morgan fingerprint density at radius 3 is 2.53 bits per heavy atom. The van der Waals surface area contributed by atoms with Gasteiger partial charge in [0.05, 0.1) is 11.5 Å². The predicted molar refractivity (Wildman–Crippen MR) is 63.9 cm³/mol. The molecule has 0 heterocycles. The summed E-state index contributed by atoms with van der Waals surface area (Å²) in [5.74, 6) is 0. The van der Waals surface area contributed by atoms with Crippen molar-refractivity contribution in [2.45, 2.75) is 53.1 Å². The van der Waals surface area contributed by atoms with Gasteiger partial charge in [0.2, 0.25) is 0 Å². The molecule has 0 aliphatic rings. The van der Waals surface area contributed by atoms with Crippen molar-refractivity contribution in [3.8, 4) is 0 Å². The van der Waals surface area contributed by atoms with E-state index >= 15 is 0 Å². The molecule has 15 heavy (non-hydrogen) atoms. The summed E-state index contributed by atoms with van der Waals surface area (Å²) in [5.41, 5.74) is -0.482. The average molecular weight is 212 g/mol. The van der Waals surface area contributed by atoms with E-state index in [-0.39, 0.29) is 6.10 Å². The van der Waals surface area contributed by atoms with E-state index in [0.717, 1.165) is 12.7 Å². The van der Waals surface area contributed by atoms with E-state index < -0.39 is 5.41 Å². The summed E-state index contributed by atoms with van der Waals surface area (Å²) < 4.78 is 5.47. The Morgan fingerprint density at radius 2 is 2.07 bits per heavy atom. The van der Waals surface area contributed by atoms with E-state index in [2.05, 4.69) is 13.0 Å². The van der Waals surface area contributed by atoms with Gasteiger partial charge in [-0.15, -0.1) is 0 Å². The highest BCUT2D eigenvalue weighted by Gasteiger charge is 2.28. The van der Waals surface area contributed by atoms with Crippen LogP contribution in [0, 0.1) is 5.41 Å². The van der Waals surface area contributed by atoms with Gasteiger partial charge < -0.3 is 9.53 Å². The number of carbonyl (C=O) groups is 1. The summed E-state index contributed by atoms with van der Waals surface area (Å²) in [7, 11) is 0. The van der Waals surface area contributed by atoms with Crippen LogP contribution >= 0.6 is 0 Å². The summed E-state index contributed by atoms with van der Waals surface area (Å²) in [4.78, 5) is 11.1. The Labute approximate surface area is 93.7 Å². The molecule has 0 unspecified atom stereocenters. The third-order valence-electron chi connectivity index (χ3n) is 2.75. The number of allylic oxidation sites excluding steroid dienone is 1. The molecular formula is C13H24O2. The summed E-state index contributed by atoms with van der Waals surface area (Å²) >= 11 is 0.